The number of rotatable bonds is 3. The zero-order chi connectivity index (χ0) is 12.1. The van der Waals surface area contributed by atoms with E-state index in [0.29, 0.717) is 0 Å². The minimum Gasteiger partial charge on any atom is -0.0826 e. The van der Waals surface area contributed by atoms with Gasteiger partial charge in [0.1, 0.15) is 0 Å². The number of nitrogens with zero attached hydrogens (tertiary/aromatic N) is 3. The van der Waals surface area contributed by atoms with Gasteiger partial charge in [0.05, 0.1) is 5.54 Å². The molecule has 0 atom stereocenters. The fourth-order valence-electron chi connectivity index (χ4n) is 2.75. The molecule has 0 spiro atoms. The maximum absolute atomic E-state index is 8.83. The van der Waals surface area contributed by atoms with Crippen LogP contribution in [0.25, 0.3) is 10.4 Å². The van der Waals surface area contributed by atoms with Crippen LogP contribution in [0.3, 0.4) is 0 Å². The zero-order valence-corrected chi connectivity index (χ0v) is 10.4. The maximum atomic E-state index is 8.83. The first-order valence-corrected chi connectivity index (χ1v) is 6.46. The Morgan fingerprint density at radius 2 is 2.06 bits per heavy atom. The maximum Gasteiger partial charge on any atom is 0.0738 e. The molecule has 17 heavy (non-hydrogen) atoms. The first-order chi connectivity index (χ1) is 8.30. The number of hydrogen-bond donors (Lipinski definition) is 0. The van der Waals surface area contributed by atoms with Crippen LogP contribution in [0, 0.1) is 0 Å². The molecule has 1 aliphatic carbocycles. The molecule has 3 nitrogen and oxygen atoms in total. The van der Waals surface area contributed by atoms with Crippen LogP contribution in [0.5, 0.6) is 0 Å². The monoisotopic (exact) mass is 229 g/mol. The topological polar surface area (TPSA) is 48.8 Å². The second-order valence-electron chi connectivity index (χ2n) is 4.84. The standard InChI is InChI=1S/C14H19N3/c1-2-12-7-6-8-13(11-12)14(16-17-15)9-4-3-5-10-14/h6-8,11H,2-5,9-10H2,1H3. The summed E-state index contributed by atoms with van der Waals surface area (Å²) in [6.07, 6.45) is 6.59. The molecule has 0 aliphatic heterocycles. The summed E-state index contributed by atoms with van der Waals surface area (Å²) in [5.41, 5.74) is 11.1. The van der Waals surface area contributed by atoms with Crippen molar-refractivity contribution in [2.75, 3.05) is 0 Å². The summed E-state index contributed by atoms with van der Waals surface area (Å²) in [6, 6.07) is 8.53. The van der Waals surface area contributed by atoms with Gasteiger partial charge in [-0.1, -0.05) is 55.6 Å². The number of benzene rings is 1. The summed E-state index contributed by atoms with van der Waals surface area (Å²) < 4.78 is 0. The van der Waals surface area contributed by atoms with Crippen LogP contribution in [0.2, 0.25) is 0 Å². The van der Waals surface area contributed by atoms with Gasteiger partial charge in [-0.15, -0.1) is 0 Å². The van der Waals surface area contributed by atoms with Crippen molar-refractivity contribution < 1.29 is 0 Å². The Labute approximate surface area is 102 Å². The summed E-state index contributed by atoms with van der Waals surface area (Å²) in [5, 5.41) is 4.14. The Morgan fingerprint density at radius 1 is 1.29 bits per heavy atom. The normalized spacial score (nSPS) is 18.4. The van der Waals surface area contributed by atoms with Crippen molar-refractivity contribution in [1.82, 2.24) is 0 Å². The third-order valence-electron chi connectivity index (χ3n) is 3.79. The molecular weight excluding hydrogens is 210 g/mol. The van der Waals surface area contributed by atoms with Crippen LogP contribution < -0.4 is 0 Å². The fraction of sp³-hybridized carbons (Fsp3) is 0.571. The minimum atomic E-state index is -0.280. The largest absolute Gasteiger partial charge is 0.0826 e. The summed E-state index contributed by atoms with van der Waals surface area (Å²) >= 11 is 0. The highest BCUT2D eigenvalue weighted by Gasteiger charge is 2.32. The van der Waals surface area contributed by atoms with Gasteiger partial charge in [-0.2, -0.15) is 0 Å². The lowest BCUT2D eigenvalue weighted by Crippen LogP contribution is -2.26. The highest BCUT2D eigenvalue weighted by atomic mass is 15.2. The van der Waals surface area contributed by atoms with Crippen LogP contribution in [-0.4, -0.2) is 0 Å². The van der Waals surface area contributed by atoms with Gasteiger partial charge in [0, 0.05) is 4.91 Å². The van der Waals surface area contributed by atoms with Crippen molar-refractivity contribution in [3.63, 3.8) is 0 Å². The molecule has 0 unspecified atom stereocenters. The van der Waals surface area contributed by atoms with Crippen molar-refractivity contribution in [3.05, 3.63) is 45.8 Å². The molecule has 0 N–H and O–H groups in total. The van der Waals surface area contributed by atoms with E-state index in [1.807, 2.05) is 0 Å². The predicted octanol–water partition coefficient (Wildman–Crippen LogP) is 4.72. The molecule has 0 heterocycles. The molecule has 0 saturated heterocycles. The number of hydrogen-bond acceptors (Lipinski definition) is 1. The second kappa shape index (κ2) is 5.24. The number of azide groups is 1. The molecule has 1 fully saturated rings. The number of aryl methyl sites for hydroxylation is 1. The quantitative estimate of drug-likeness (QED) is 0.409. The average Bonchev–Trinajstić information content (AvgIpc) is 2.40. The summed E-state index contributed by atoms with van der Waals surface area (Å²) in [5.74, 6) is 0. The van der Waals surface area contributed by atoms with Gasteiger partial charge in [-0.3, -0.25) is 0 Å². The first-order valence-electron chi connectivity index (χ1n) is 6.46. The van der Waals surface area contributed by atoms with Gasteiger partial charge in [0.25, 0.3) is 0 Å². The molecule has 3 heteroatoms. The Hall–Kier alpha value is -1.47. The fourth-order valence-corrected chi connectivity index (χ4v) is 2.75. The van der Waals surface area contributed by atoms with E-state index in [0.717, 1.165) is 32.1 Å². The van der Waals surface area contributed by atoms with E-state index >= 15 is 0 Å². The summed E-state index contributed by atoms with van der Waals surface area (Å²) in [4.78, 5) is 3.09. The lowest BCUT2D eigenvalue weighted by molar-refractivity contribution is 0.301. The molecule has 1 aliphatic rings. The molecule has 0 radical (unpaired) electrons. The van der Waals surface area contributed by atoms with Gasteiger partial charge >= 0.3 is 0 Å². The Balaban J connectivity index is 2.40. The van der Waals surface area contributed by atoms with Crippen molar-refractivity contribution in [1.29, 1.82) is 0 Å². The Bertz CT molecular complexity index is 427. The van der Waals surface area contributed by atoms with Crippen LogP contribution >= 0.6 is 0 Å². The third kappa shape index (κ3) is 2.45. The Kier molecular flexibility index (Phi) is 3.70. The highest BCUT2D eigenvalue weighted by molar-refractivity contribution is 5.30. The molecule has 0 amide bonds. The average molecular weight is 229 g/mol. The van der Waals surface area contributed by atoms with E-state index in [9.17, 15) is 0 Å². The van der Waals surface area contributed by atoms with E-state index in [4.69, 9.17) is 5.53 Å². The van der Waals surface area contributed by atoms with Gasteiger partial charge in [-0.25, -0.2) is 0 Å². The van der Waals surface area contributed by atoms with Crippen LogP contribution in [0.4, 0.5) is 0 Å². The van der Waals surface area contributed by atoms with Crippen molar-refractivity contribution in [2.24, 2.45) is 5.11 Å². The van der Waals surface area contributed by atoms with Gasteiger partial charge in [0.15, 0.2) is 0 Å². The second-order valence-corrected chi connectivity index (χ2v) is 4.84. The van der Waals surface area contributed by atoms with E-state index in [2.05, 4.69) is 41.2 Å². The lowest BCUT2D eigenvalue weighted by Gasteiger charge is -2.33. The lowest BCUT2D eigenvalue weighted by atomic mass is 9.77. The van der Waals surface area contributed by atoms with E-state index in [-0.39, 0.29) is 5.54 Å². The van der Waals surface area contributed by atoms with Crippen molar-refractivity contribution in [2.45, 2.75) is 51.0 Å². The van der Waals surface area contributed by atoms with Crippen molar-refractivity contribution in [3.8, 4) is 0 Å². The van der Waals surface area contributed by atoms with Crippen LogP contribution in [-0.2, 0) is 12.0 Å². The smallest absolute Gasteiger partial charge is 0.0738 e. The van der Waals surface area contributed by atoms with Gasteiger partial charge in [0.2, 0.25) is 0 Å². The zero-order valence-electron chi connectivity index (χ0n) is 10.4. The molecule has 1 saturated carbocycles. The molecule has 0 bridgehead atoms. The van der Waals surface area contributed by atoms with Gasteiger partial charge in [-0.05, 0) is 35.9 Å². The SMILES string of the molecule is CCc1cccc(C2(N=[N+]=[N-])CCCCC2)c1. The molecule has 90 valence electrons. The molecule has 1 aromatic carbocycles. The summed E-state index contributed by atoms with van der Waals surface area (Å²) in [7, 11) is 0. The minimum absolute atomic E-state index is 0.280. The summed E-state index contributed by atoms with van der Waals surface area (Å²) in [6.45, 7) is 2.15. The van der Waals surface area contributed by atoms with E-state index in [1.165, 1.54) is 17.5 Å². The third-order valence-corrected chi connectivity index (χ3v) is 3.79. The first kappa shape index (κ1) is 12.0. The van der Waals surface area contributed by atoms with E-state index in [1.54, 1.807) is 0 Å². The molecule has 0 aromatic heterocycles. The van der Waals surface area contributed by atoms with Crippen molar-refractivity contribution >= 4 is 0 Å². The molecule has 1 aromatic rings. The highest BCUT2D eigenvalue weighted by Crippen LogP contribution is 2.41. The van der Waals surface area contributed by atoms with Crippen LogP contribution in [0.1, 0.15) is 50.2 Å². The molecule has 2 rings (SSSR count). The Morgan fingerprint density at radius 3 is 2.71 bits per heavy atom. The van der Waals surface area contributed by atoms with E-state index < -0.39 is 0 Å². The van der Waals surface area contributed by atoms with Gasteiger partial charge < -0.3 is 0 Å². The molecular formula is C14H19N3. The van der Waals surface area contributed by atoms with Crippen LogP contribution in [0.15, 0.2) is 29.4 Å². The predicted molar refractivity (Wildman–Crippen MR) is 69.7 cm³/mol.